The van der Waals surface area contributed by atoms with Gasteiger partial charge in [-0.3, -0.25) is 4.79 Å². The summed E-state index contributed by atoms with van der Waals surface area (Å²) < 4.78 is 5.00. The first-order valence-electron chi connectivity index (χ1n) is 6.09. The predicted molar refractivity (Wildman–Crippen MR) is 64.0 cm³/mol. The number of carbonyl (C=O) groups excluding carboxylic acids is 1. The molecule has 0 aromatic heterocycles. The Balaban J connectivity index is 2.41. The van der Waals surface area contributed by atoms with Crippen molar-refractivity contribution in [3.05, 3.63) is 0 Å². The molecule has 3 N–H and O–H groups in total. The Hall–Kier alpha value is -0.610. The van der Waals surface area contributed by atoms with Crippen molar-refractivity contribution in [3.63, 3.8) is 0 Å². The highest BCUT2D eigenvalue weighted by molar-refractivity contribution is 5.79. The monoisotopic (exact) mass is 228 g/mol. The lowest BCUT2D eigenvalue weighted by atomic mass is 9.77. The summed E-state index contributed by atoms with van der Waals surface area (Å²) in [7, 11) is 1.64. The van der Waals surface area contributed by atoms with E-state index in [0.29, 0.717) is 12.5 Å². The lowest BCUT2D eigenvalue weighted by Gasteiger charge is -2.32. The van der Waals surface area contributed by atoms with Gasteiger partial charge >= 0.3 is 0 Å². The van der Waals surface area contributed by atoms with Crippen molar-refractivity contribution in [3.8, 4) is 0 Å². The minimum Gasteiger partial charge on any atom is -0.383 e. The minimum atomic E-state index is 0.0836. The van der Waals surface area contributed by atoms with Crippen LogP contribution in [0.4, 0.5) is 0 Å². The average Bonchev–Trinajstić information content (AvgIpc) is 2.17. The van der Waals surface area contributed by atoms with Crippen LogP contribution in [0.5, 0.6) is 0 Å². The third-order valence-corrected chi connectivity index (χ3v) is 3.35. The van der Waals surface area contributed by atoms with Crippen LogP contribution < -0.4 is 11.1 Å². The summed E-state index contributed by atoms with van der Waals surface area (Å²) in [6, 6.07) is 0.357. The number of rotatable bonds is 4. The molecule has 1 saturated carbocycles. The molecule has 0 aromatic rings. The molecule has 4 unspecified atom stereocenters. The third-order valence-electron chi connectivity index (χ3n) is 3.35. The number of amides is 1. The maximum Gasteiger partial charge on any atom is 0.223 e. The number of nitrogens with one attached hydrogen (secondary N) is 1. The van der Waals surface area contributed by atoms with Crippen LogP contribution in [0.25, 0.3) is 0 Å². The Morgan fingerprint density at radius 1 is 1.56 bits per heavy atom. The van der Waals surface area contributed by atoms with Gasteiger partial charge in [0.05, 0.1) is 6.61 Å². The van der Waals surface area contributed by atoms with E-state index >= 15 is 0 Å². The fourth-order valence-electron chi connectivity index (χ4n) is 2.47. The Bertz CT molecular complexity index is 233. The lowest BCUT2D eigenvalue weighted by Crippen LogP contribution is -2.44. The molecule has 0 spiro atoms. The number of hydrogen-bond donors (Lipinski definition) is 2. The number of ether oxygens (including phenoxy) is 1. The van der Waals surface area contributed by atoms with Crippen molar-refractivity contribution < 1.29 is 9.53 Å². The second-order valence-corrected chi connectivity index (χ2v) is 5.02. The highest BCUT2D eigenvalue weighted by Crippen LogP contribution is 2.29. The molecule has 0 bridgehead atoms. The SMILES string of the molecule is COCC(C)NC(=O)C1CCC(N)CC1C. The van der Waals surface area contributed by atoms with Gasteiger partial charge in [-0.15, -0.1) is 0 Å². The maximum atomic E-state index is 12.0. The smallest absolute Gasteiger partial charge is 0.223 e. The van der Waals surface area contributed by atoms with Gasteiger partial charge in [-0.1, -0.05) is 6.92 Å². The molecule has 0 saturated heterocycles. The van der Waals surface area contributed by atoms with E-state index in [1.165, 1.54) is 0 Å². The van der Waals surface area contributed by atoms with Crippen LogP contribution in [0.15, 0.2) is 0 Å². The van der Waals surface area contributed by atoms with Crippen LogP contribution in [0.3, 0.4) is 0 Å². The summed E-state index contributed by atoms with van der Waals surface area (Å²) in [4.78, 5) is 12.0. The molecule has 1 aliphatic rings. The van der Waals surface area contributed by atoms with E-state index in [4.69, 9.17) is 10.5 Å². The van der Waals surface area contributed by atoms with Crippen LogP contribution in [-0.4, -0.2) is 31.7 Å². The molecular weight excluding hydrogens is 204 g/mol. The first kappa shape index (κ1) is 13.5. The van der Waals surface area contributed by atoms with Gasteiger partial charge in [-0.05, 0) is 32.1 Å². The van der Waals surface area contributed by atoms with Gasteiger partial charge in [0.1, 0.15) is 0 Å². The van der Waals surface area contributed by atoms with Crippen molar-refractivity contribution in [2.45, 2.75) is 45.2 Å². The van der Waals surface area contributed by atoms with Crippen molar-refractivity contribution in [1.29, 1.82) is 0 Å². The molecule has 1 fully saturated rings. The average molecular weight is 228 g/mol. The molecule has 0 aromatic carbocycles. The van der Waals surface area contributed by atoms with Crippen molar-refractivity contribution in [2.24, 2.45) is 17.6 Å². The zero-order valence-corrected chi connectivity index (χ0v) is 10.5. The van der Waals surface area contributed by atoms with Gasteiger partial charge in [0.25, 0.3) is 0 Å². The van der Waals surface area contributed by atoms with Gasteiger partial charge in [0, 0.05) is 25.1 Å². The predicted octanol–water partition coefficient (Wildman–Crippen LogP) is 0.901. The topological polar surface area (TPSA) is 64.3 Å². The summed E-state index contributed by atoms with van der Waals surface area (Å²) in [5, 5.41) is 2.99. The van der Waals surface area contributed by atoms with Gasteiger partial charge in [0.2, 0.25) is 5.91 Å². The molecule has 4 nitrogen and oxygen atoms in total. The van der Waals surface area contributed by atoms with E-state index < -0.39 is 0 Å². The zero-order chi connectivity index (χ0) is 12.1. The molecule has 0 heterocycles. The molecule has 0 aliphatic heterocycles. The van der Waals surface area contributed by atoms with Crippen LogP contribution in [0.1, 0.15) is 33.1 Å². The fourth-order valence-corrected chi connectivity index (χ4v) is 2.47. The number of carbonyl (C=O) groups is 1. The quantitative estimate of drug-likeness (QED) is 0.751. The van der Waals surface area contributed by atoms with Crippen LogP contribution in [0.2, 0.25) is 0 Å². The molecule has 4 heteroatoms. The summed E-state index contributed by atoms with van der Waals surface area (Å²) in [5.74, 6) is 0.668. The summed E-state index contributed by atoms with van der Waals surface area (Å²) in [6.45, 7) is 4.64. The maximum absolute atomic E-state index is 12.0. The Kier molecular flexibility index (Phi) is 5.22. The number of hydrogen-bond acceptors (Lipinski definition) is 3. The third kappa shape index (κ3) is 3.76. The summed E-state index contributed by atoms with van der Waals surface area (Å²) in [5.41, 5.74) is 5.88. The van der Waals surface area contributed by atoms with E-state index in [1.54, 1.807) is 7.11 Å². The first-order chi connectivity index (χ1) is 7.54. The van der Waals surface area contributed by atoms with Gasteiger partial charge in [0.15, 0.2) is 0 Å². The number of nitrogens with two attached hydrogens (primary N) is 1. The second-order valence-electron chi connectivity index (χ2n) is 5.02. The van der Waals surface area contributed by atoms with Crippen molar-refractivity contribution in [1.82, 2.24) is 5.32 Å². The normalized spacial score (nSPS) is 32.1. The molecule has 16 heavy (non-hydrogen) atoms. The number of methoxy groups -OCH3 is 1. The Morgan fingerprint density at radius 2 is 2.25 bits per heavy atom. The highest BCUT2D eigenvalue weighted by Gasteiger charge is 2.31. The second kappa shape index (κ2) is 6.21. The highest BCUT2D eigenvalue weighted by atomic mass is 16.5. The van der Waals surface area contributed by atoms with Gasteiger partial charge in [-0.25, -0.2) is 0 Å². The molecule has 0 radical (unpaired) electrons. The Labute approximate surface area is 97.9 Å². The molecule has 1 amide bonds. The van der Waals surface area contributed by atoms with Crippen LogP contribution in [-0.2, 0) is 9.53 Å². The minimum absolute atomic E-state index is 0.0836. The van der Waals surface area contributed by atoms with Crippen LogP contribution >= 0.6 is 0 Å². The Morgan fingerprint density at radius 3 is 2.81 bits per heavy atom. The van der Waals surface area contributed by atoms with E-state index in [-0.39, 0.29) is 23.9 Å². The molecular formula is C12H24N2O2. The lowest BCUT2D eigenvalue weighted by molar-refractivity contribution is -0.128. The van der Waals surface area contributed by atoms with E-state index in [0.717, 1.165) is 19.3 Å². The van der Waals surface area contributed by atoms with Crippen molar-refractivity contribution in [2.75, 3.05) is 13.7 Å². The largest absolute Gasteiger partial charge is 0.383 e. The molecule has 94 valence electrons. The van der Waals surface area contributed by atoms with E-state index in [9.17, 15) is 4.79 Å². The van der Waals surface area contributed by atoms with Crippen LogP contribution in [0, 0.1) is 11.8 Å². The molecule has 4 atom stereocenters. The summed E-state index contributed by atoms with van der Waals surface area (Å²) >= 11 is 0. The van der Waals surface area contributed by atoms with E-state index in [2.05, 4.69) is 12.2 Å². The molecule has 1 aliphatic carbocycles. The van der Waals surface area contributed by atoms with Crippen molar-refractivity contribution >= 4 is 5.91 Å². The van der Waals surface area contributed by atoms with Gasteiger partial charge in [-0.2, -0.15) is 0 Å². The summed E-state index contributed by atoms with van der Waals surface area (Å²) in [6.07, 6.45) is 2.83. The van der Waals surface area contributed by atoms with E-state index in [1.807, 2.05) is 6.92 Å². The van der Waals surface area contributed by atoms with Gasteiger partial charge < -0.3 is 15.8 Å². The first-order valence-corrected chi connectivity index (χ1v) is 6.09. The molecule has 1 rings (SSSR count). The fraction of sp³-hybridized carbons (Fsp3) is 0.917. The zero-order valence-electron chi connectivity index (χ0n) is 10.5. The standard InChI is InChI=1S/C12H24N2O2/c1-8-6-10(13)4-5-11(8)12(15)14-9(2)7-16-3/h8-11H,4-7,13H2,1-3H3,(H,14,15).